The van der Waals surface area contributed by atoms with E-state index in [1.165, 1.54) is 11.6 Å². The Balaban J connectivity index is 1.58. The van der Waals surface area contributed by atoms with Crippen molar-refractivity contribution in [1.82, 2.24) is 4.98 Å². The maximum absolute atomic E-state index is 12.2. The minimum absolute atomic E-state index is 0.318. The lowest BCUT2D eigenvalue weighted by molar-refractivity contribution is -0.111. The second kappa shape index (κ2) is 8.59. The van der Waals surface area contributed by atoms with Gasteiger partial charge in [-0.15, -0.1) is 0 Å². The molecular weight excluding hydrogens is 400 g/mol. The normalized spacial score (nSPS) is 12.5. The number of nitrogens with one attached hydrogen (secondary N) is 1. The molecule has 0 unspecified atom stereocenters. The zero-order valence-electron chi connectivity index (χ0n) is 16.7. The van der Waals surface area contributed by atoms with E-state index in [0.717, 1.165) is 23.1 Å². The fraction of sp³-hybridized carbons (Fsp3) is 0.167. The second-order valence-electron chi connectivity index (χ2n) is 7.09. The average molecular weight is 421 g/mol. The van der Waals surface area contributed by atoms with Crippen LogP contribution in [-0.4, -0.2) is 10.9 Å². The minimum atomic E-state index is -0.318. The Morgan fingerprint density at radius 2 is 2.10 bits per heavy atom. The maximum Gasteiger partial charge on any atom is 0.248 e. The van der Waals surface area contributed by atoms with Crippen LogP contribution in [0.15, 0.2) is 69.7 Å². The van der Waals surface area contributed by atoms with Crippen LogP contribution in [0.1, 0.15) is 37.5 Å². The Morgan fingerprint density at radius 1 is 1.23 bits per heavy atom. The highest BCUT2D eigenvalue weighted by atomic mass is 35.5. The van der Waals surface area contributed by atoms with Gasteiger partial charge in [-0.05, 0) is 66.4 Å². The van der Waals surface area contributed by atoms with E-state index in [2.05, 4.69) is 36.3 Å². The van der Waals surface area contributed by atoms with Gasteiger partial charge in [0.2, 0.25) is 11.8 Å². The lowest BCUT2D eigenvalue weighted by atomic mass is 9.98. The largest absolute Gasteiger partial charge is 0.465 e. The molecule has 4 rings (SSSR count). The van der Waals surface area contributed by atoms with Gasteiger partial charge in [0.15, 0.2) is 5.58 Å². The number of aromatic nitrogens is 1. The Kier molecular flexibility index (Phi) is 5.72. The molecule has 4 aromatic rings. The summed E-state index contributed by atoms with van der Waals surface area (Å²) in [5.41, 5.74) is 3.97. The Morgan fingerprint density at radius 3 is 2.87 bits per heavy atom. The first-order chi connectivity index (χ1) is 14.5. The topological polar surface area (TPSA) is 68.3 Å². The SMILES string of the molecule is CC[C@H](C)c1ccc2oc(-c3ccc(Cl)c(NC(=O)/C=C/c4ccco4)c3)nc2c1. The first kappa shape index (κ1) is 20.0. The van der Waals surface area contributed by atoms with Crippen molar-refractivity contribution >= 4 is 40.4 Å². The van der Waals surface area contributed by atoms with Crippen molar-refractivity contribution in [3.8, 4) is 11.5 Å². The number of hydrogen-bond donors (Lipinski definition) is 1. The molecule has 0 saturated heterocycles. The van der Waals surface area contributed by atoms with E-state index in [9.17, 15) is 4.79 Å². The number of rotatable bonds is 6. The monoisotopic (exact) mass is 420 g/mol. The standard InChI is InChI=1S/C24H21ClN2O3/c1-3-15(2)16-7-10-22-21(13-16)27-24(30-22)17-6-9-19(25)20(14-17)26-23(28)11-8-18-5-4-12-29-18/h4-15H,3H2,1-2H3,(H,26,28)/b11-8+/t15-/m0/s1. The van der Waals surface area contributed by atoms with Gasteiger partial charge in [0.1, 0.15) is 11.3 Å². The van der Waals surface area contributed by atoms with E-state index < -0.39 is 0 Å². The highest BCUT2D eigenvalue weighted by Gasteiger charge is 2.13. The molecule has 1 amide bonds. The van der Waals surface area contributed by atoms with Gasteiger partial charge in [-0.3, -0.25) is 4.79 Å². The number of halogens is 1. The number of oxazole rings is 1. The van der Waals surface area contributed by atoms with Crippen LogP contribution in [0.4, 0.5) is 5.69 Å². The molecule has 30 heavy (non-hydrogen) atoms. The number of furan rings is 1. The maximum atomic E-state index is 12.2. The van der Waals surface area contributed by atoms with Gasteiger partial charge < -0.3 is 14.2 Å². The smallest absolute Gasteiger partial charge is 0.248 e. The van der Waals surface area contributed by atoms with Crippen molar-refractivity contribution in [2.24, 2.45) is 0 Å². The van der Waals surface area contributed by atoms with E-state index >= 15 is 0 Å². The number of carbonyl (C=O) groups excluding carboxylic acids is 1. The number of anilines is 1. The van der Waals surface area contributed by atoms with Crippen molar-refractivity contribution in [1.29, 1.82) is 0 Å². The van der Waals surface area contributed by atoms with Gasteiger partial charge >= 0.3 is 0 Å². The van der Waals surface area contributed by atoms with Gasteiger partial charge in [-0.2, -0.15) is 0 Å². The predicted molar refractivity (Wildman–Crippen MR) is 120 cm³/mol. The summed E-state index contributed by atoms with van der Waals surface area (Å²) < 4.78 is 11.1. The fourth-order valence-electron chi connectivity index (χ4n) is 3.08. The van der Waals surface area contributed by atoms with E-state index in [4.69, 9.17) is 20.4 Å². The number of carbonyl (C=O) groups is 1. The zero-order chi connectivity index (χ0) is 21.1. The van der Waals surface area contributed by atoms with Gasteiger partial charge in [-0.1, -0.05) is 31.5 Å². The summed E-state index contributed by atoms with van der Waals surface area (Å²) in [6.07, 6.45) is 5.58. The zero-order valence-corrected chi connectivity index (χ0v) is 17.4. The van der Waals surface area contributed by atoms with Crippen LogP contribution in [0.2, 0.25) is 5.02 Å². The molecule has 1 atom stereocenters. The highest BCUT2D eigenvalue weighted by Crippen LogP contribution is 2.31. The molecule has 0 spiro atoms. The van der Waals surface area contributed by atoms with Gasteiger partial charge in [0.25, 0.3) is 0 Å². The molecule has 0 saturated carbocycles. The molecule has 6 heteroatoms. The number of nitrogens with zero attached hydrogens (tertiary/aromatic N) is 1. The summed E-state index contributed by atoms with van der Waals surface area (Å²) in [4.78, 5) is 16.9. The molecule has 0 radical (unpaired) electrons. The third-order valence-corrected chi connectivity index (χ3v) is 5.34. The summed E-state index contributed by atoms with van der Waals surface area (Å²) in [5.74, 6) is 1.21. The van der Waals surface area contributed by atoms with Crippen molar-refractivity contribution in [3.63, 3.8) is 0 Å². The molecule has 152 valence electrons. The molecular formula is C24H21ClN2O3. The van der Waals surface area contributed by atoms with E-state index in [1.807, 2.05) is 12.1 Å². The average Bonchev–Trinajstić information content (AvgIpc) is 3.42. The Bertz CT molecular complexity index is 1210. The van der Waals surface area contributed by atoms with Gasteiger partial charge in [-0.25, -0.2) is 4.98 Å². The highest BCUT2D eigenvalue weighted by molar-refractivity contribution is 6.34. The molecule has 0 aliphatic carbocycles. The number of hydrogen-bond acceptors (Lipinski definition) is 4. The summed E-state index contributed by atoms with van der Waals surface area (Å²) >= 11 is 6.27. The summed E-state index contributed by atoms with van der Waals surface area (Å²) in [6.45, 7) is 4.35. The molecule has 0 bridgehead atoms. The number of amides is 1. The predicted octanol–water partition coefficient (Wildman–Crippen LogP) is 6.91. The van der Waals surface area contributed by atoms with Crippen LogP contribution < -0.4 is 5.32 Å². The van der Waals surface area contributed by atoms with Crippen LogP contribution in [0.25, 0.3) is 28.6 Å². The first-order valence-electron chi connectivity index (χ1n) is 9.76. The van der Waals surface area contributed by atoms with Crippen molar-refractivity contribution in [3.05, 3.63) is 77.2 Å². The van der Waals surface area contributed by atoms with E-state index in [0.29, 0.717) is 28.3 Å². The summed E-state index contributed by atoms with van der Waals surface area (Å²) in [7, 11) is 0. The van der Waals surface area contributed by atoms with Crippen LogP contribution >= 0.6 is 11.6 Å². The van der Waals surface area contributed by atoms with Crippen molar-refractivity contribution < 1.29 is 13.6 Å². The molecule has 2 aromatic heterocycles. The van der Waals surface area contributed by atoms with Gasteiger partial charge in [0.05, 0.1) is 17.0 Å². The van der Waals surface area contributed by atoms with Crippen LogP contribution in [0.3, 0.4) is 0 Å². The Labute approximate surface area is 179 Å². The van der Waals surface area contributed by atoms with Crippen LogP contribution in [-0.2, 0) is 4.79 Å². The lowest BCUT2D eigenvalue weighted by Crippen LogP contribution is -2.08. The molecule has 2 heterocycles. The van der Waals surface area contributed by atoms with Crippen LogP contribution in [0.5, 0.6) is 0 Å². The fourth-order valence-corrected chi connectivity index (χ4v) is 3.25. The van der Waals surface area contributed by atoms with Gasteiger partial charge in [0, 0.05) is 11.6 Å². The summed E-state index contributed by atoms with van der Waals surface area (Å²) in [6, 6.07) is 14.9. The molecule has 0 fully saturated rings. The Hall–Kier alpha value is -3.31. The van der Waals surface area contributed by atoms with Crippen molar-refractivity contribution in [2.45, 2.75) is 26.2 Å². The first-order valence-corrected chi connectivity index (χ1v) is 10.1. The molecule has 2 aromatic carbocycles. The number of benzene rings is 2. The van der Waals surface area contributed by atoms with Crippen LogP contribution in [0, 0.1) is 0 Å². The minimum Gasteiger partial charge on any atom is -0.465 e. The third kappa shape index (κ3) is 4.31. The number of fused-ring (bicyclic) bond motifs is 1. The molecule has 0 aliphatic heterocycles. The lowest BCUT2D eigenvalue weighted by Gasteiger charge is -2.07. The third-order valence-electron chi connectivity index (χ3n) is 5.01. The molecule has 0 aliphatic rings. The van der Waals surface area contributed by atoms with E-state index in [1.54, 1.807) is 36.6 Å². The molecule has 1 N–H and O–H groups in total. The summed E-state index contributed by atoms with van der Waals surface area (Å²) in [5, 5.41) is 3.20. The quantitative estimate of drug-likeness (QED) is 0.344. The van der Waals surface area contributed by atoms with E-state index in [-0.39, 0.29) is 5.91 Å². The van der Waals surface area contributed by atoms with Crippen molar-refractivity contribution in [2.75, 3.05) is 5.32 Å². The second-order valence-corrected chi connectivity index (χ2v) is 7.50. The molecule has 5 nitrogen and oxygen atoms in total.